The van der Waals surface area contributed by atoms with Gasteiger partial charge < -0.3 is 21.7 Å². The summed E-state index contributed by atoms with van der Waals surface area (Å²) in [5.41, 5.74) is 12.5. The number of aromatic nitrogens is 2. The van der Waals surface area contributed by atoms with Crippen LogP contribution in [0.25, 0.3) is 10.9 Å². The van der Waals surface area contributed by atoms with Crippen LogP contribution in [0, 0.1) is 5.82 Å². The normalized spacial score (nSPS) is 14.3. The molecule has 5 rings (SSSR count). The molecule has 1 aliphatic rings. The van der Waals surface area contributed by atoms with E-state index in [1.165, 1.54) is 11.0 Å². The van der Waals surface area contributed by atoms with Crippen molar-refractivity contribution in [1.29, 1.82) is 0 Å². The molecule has 1 fully saturated rings. The number of amides is 3. The van der Waals surface area contributed by atoms with E-state index in [4.69, 9.17) is 11.5 Å². The average Bonchev–Trinajstić information content (AvgIpc) is 3.58. The van der Waals surface area contributed by atoms with E-state index in [0.29, 0.717) is 17.1 Å². The molecular formula is C28H27FN6O3S. The number of nitrogen functional groups attached to an aromatic ring is 1. The number of halogens is 1. The lowest BCUT2D eigenvalue weighted by Crippen LogP contribution is -2.46. The Hall–Kier alpha value is -4.38. The van der Waals surface area contributed by atoms with Gasteiger partial charge in [-0.15, -0.1) is 0 Å². The Morgan fingerprint density at radius 2 is 1.87 bits per heavy atom. The first kappa shape index (κ1) is 26.2. The van der Waals surface area contributed by atoms with Crippen LogP contribution < -0.4 is 16.8 Å². The molecule has 4 aromatic rings. The van der Waals surface area contributed by atoms with Crippen LogP contribution in [-0.2, 0) is 11.3 Å². The molecule has 1 saturated carbocycles. The fourth-order valence-electron chi connectivity index (χ4n) is 4.94. The SMILES string of the molecule is NC(=O)c1nsc(C(=O)N(Cc2ccccc2F)[C@H](C(=O)NC2CCCC2)c2ccc3ncccc3c2)c1N. The van der Waals surface area contributed by atoms with E-state index in [9.17, 15) is 18.8 Å². The monoisotopic (exact) mass is 546 g/mol. The minimum absolute atomic E-state index is 0.0255. The van der Waals surface area contributed by atoms with E-state index in [1.807, 2.05) is 6.07 Å². The van der Waals surface area contributed by atoms with Crippen molar-refractivity contribution in [3.05, 3.63) is 88.3 Å². The van der Waals surface area contributed by atoms with E-state index in [-0.39, 0.29) is 34.4 Å². The van der Waals surface area contributed by atoms with Crippen molar-refractivity contribution in [1.82, 2.24) is 19.6 Å². The molecule has 0 saturated heterocycles. The number of rotatable bonds is 8. The molecule has 0 spiro atoms. The summed E-state index contributed by atoms with van der Waals surface area (Å²) >= 11 is 0.713. The van der Waals surface area contributed by atoms with E-state index < -0.39 is 29.6 Å². The standard InChI is InChI=1S/C28H27FN6O3S/c29-20-10-4-1-6-18(20)15-35(28(38)25-22(30)23(26(31)36)34-39-25)24(27(37)33-19-8-2-3-9-19)17-11-12-21-16(14-17)7-5-13-32-21/h1,4-7,10-14,19,24H,2-3,8-9,15,30H2,(H2,31,36)(H,33,37)/t24-/m0/s1. The van der Waals surface area contributed by atoms with Crippen molar-refractivity contribution < 1.29 is 18.8 Å². The van der Waals surface area contributed by atoms with Gasteiger partial charge in [0.2, 0.25) is 5.91 Å². The second kappa shape index (κ2) is 11.2. The highest BCUT2D eigenvalue weighted by Crippen LogP contribution is 2.32. The number of primary amides is 1. The number of benzene rings is 2. The molecule has 0 unspecified atom stereocenters. The summed E-state index contributed by atoms with van der Waals surface area (Å²) in [5, 5.41) is 3.87. The zero-order valence-corrected chi connectivity index (χ0v) is 21.8. The number of fused-ring (bicyclic) bond motifs is 1. The maximum Gasteiger partial charge on any atom is 0.270 e. The van der Waals surface area contributed by atoms with E-state index in [2.05, 4.69) is 14.7 Å². The molecule has 39 heavy (non-hydrogen) atoms. The minimum atomic E-state index is -1.14. The summed E-state index contributed by atoms with van der Waals surface area (Å²) in [6.07, 6.45) is 5.35. The van der Waals surface area contributed by atoms with Crippen molar-refractivity contribution in [2.45, 2.75) is 44.3 Å². The number of carbonyl (C=O) groups excluding carboxylic acids is 3. The first-order valence-electron chi connectivity index (χ1n) is 12.6. The molecule has 2 aromatic heterocycles. The minimum Gasteiger partial charge on any atom is -0.395 e. The molecule has 9 nitrogen and oxygen atoms in total. The van der Waals surface area contributed by atoms with E-state index in [0.717, 1.165) is 36.6 Å². The molecule has 1 atom stereocenters. The Morgan fingerprint density at radius 3 is 2.59 bits per heavy atom. The molecule has 3 amide bonds. The van der Waals surface area contributed by atoms with Gasteiger partial charge in [-0.25, -0.2) is 4.39 Å². The van der Waals surface area contributed by atoms with Crippen LogP contribution in [0.2, 0.25) is 0 Å². The molecule has 5 N–H and O–H groups in total. The van der Waals surface area contributed by atoms with Crippen LogP contribution in [0.3, 0.4) is 0 Å². The number of nitrogens with one attached hydrogen (secondary N) is 1. The lowest BCUT2D eigenvalue weighted by Gasteiger charge is -2.32. The molecule has 0 aliphatic heterocycles. The van der Waals surface area contributed by atoms with Gasteiger partial charge in [-0.05, 0) is 54.2 Å². The first-order valence-corrected chi connectivity index (χ1v) is 13.3. The third-order valence-corrected chi connectivity index (χ3v) is 7.77. The van der Waals surface area contributed by atoms with Gasteiger partial charge >= 0.3 is 0 Å². The number of nitrogens with two attached hydrogens (primary N) is 2. The van der Waals surface area contributed by atoms with Gasteiger partial charge in [-0.1, -0.05) is 43.2 Å². The van der Waals surface area contributed by atoms with Crippen LogP contribution in [0.1, 0.15) is 63.0 Å². The van der Waals surface area contributed by atoms with Gasteiger partial charge in [0, 0.05) is 23.2 Å². The second-order valence-electron chi connectivity index (χ2n) is 9.51. The second-order valence-corrected chi connectivity index (χ2v) is 10.3. The van der Waals surface area contributed by atoms with Crippen molar-refractivity contribution in [2.75, 3.05) is 5.73 Å². The zero-order chi connectivity index (χ0) is 27.5. The number of hydrogen-bond acceptors (Lipinski definition) is 7. The van der Waals surface area contributed by atoms with E-state index >= 15 is 0 Å². The Morgan fingerprint density at radius 1 is 1.10 bits per heavy atom. The summed E-state index contributed by atoms with van der Waals surface area (Å²) in [5.74, 6) is -2.46. The van der Waals surface area contributed by atoms with Gasteiger partial charge in [0.1, 0.15) is 16.7 Å². The first-order chi connectivity index (χ1) is 18.8. The van der Waals surface area contributed by atoms with Crippen molar-refractivity contribution in [3.8, 4) is 0 Å². The molecule has 200 valence electrons. The molecule has 0 radical (unpaired) electrons. The number of hydrogen-bond donors (Lipinski definition) is 3. The van der Waals surface area contributed by atoms with Gasteiger partial charge in [0.25, 0.3) is 11.8 Å². The van der Waals surface area contributed by atoms with Gasteiger partial charge in [-0.3, -0.25) is 19.4 Å². The summed E-state index contributed by atoms with van der Waals surface area (Å²) in [6, 6.07) is 13.8. The van der Waals surface area contributed by atoms with Crippen LogP contribution in [-0.4, -0.2) is 38.0 Å². The highest BCUT2D eigenvalue weighted by molar-refractivity contribution is 7.09. The Labute approximate surface area is 228 Å². The quantitative estimate of drug-likeness (QED) is 0.305. The van der Waals surface area contributed by atoms with Gasteiger partial charge in [-0.2, -0.15) is 4.37 Å². The van der Waals surface area contributed by atoms with Crippen molar-refractivity contribution in [3.63, 3.8) is 0 Å². The third-order valence-electron chi connectivity index (χ3n) is 6.92. The average molecular weight is 547 g/mol. The summed E-state index contributed by atoms with van der Waals surface area (Å²) in [6.45, 7) is -0.234. The van der Waals surface area contributed by atoms with Crippen LogP contribution in [0.5, 0.6) is 0 Å². The smallest absolute Gasteiger partial charge is 0.270 e. The number of anilines is 1. The van der Waals surface area contributed by atoms with Gasteiger partial charge in [0.05, 0.1) is 17.7 Å². The number of carbonyl (C=O) groups is 3. The van der Waals surface area contributed by atoms with Gasteiger partial charge in [0.15, 0.2) is 5.69 Å². The highest BCUT2D eigenvalue weighted by Gasteiger charge is 2.36. The molecule has 1 aliphatic carbocycles. The predicted molar refractivity (Wildman–Crippen MR) is 146 cm³/mol. The third kappa shape index (κ3) is 5.44. The molecular weight excluding hydrogens is 519 g/mol. The fourth-order valence-corrected chi connectivity index (χ4v) is 5.70. The summed E-state index contributed by atoms with van der Waals surface area (Å²) < 4.78 is 18.8. The lowest BCUT2D eigenvalue weighted by atomic mass is 9.99. The van der Waals surface area contributed by atoms with Crippen molar-refractivity contribution >= 4 is 45.8 Å². The van der Waals surface area contributed by atoms with Crippen LogP contribution in [0.15, 0.2) is 60.8 Å². The maximum absolute atomic E-state index is 14.9. The van der Waals surface area contributed by atoms with E-state index in [1.54, 1.807) is 48.7 Å². The molecule has 0 bridgehead atoms. The summed E-state index contributed by atoms with van der Waals surface area (Å²) in [7, 11) is 0. The predicted octanol–water partition coefficient (Wildman–Crippen LogP) is 3.95. The van der Waals surface area contributed by atoms with Crippen molar-refractivity contribution in [2.24, 2.45) is 5.73 Å². The van der Waals surface area contributed by atoms with Crippen LogP contribution in [0.4, 0.5) is 10.1 Å². The fraction of sp³-hybridized carbons (Fsp3) is 0.250. The largest absolute Gasteiger partial charge is 0.395 e. The molecule has 2 aromatic carbocycles. The molecule has 11 heteroatoms. The highest BCUT2D eigenvalue weighted by atomic mass is 32.1. The zero-order valence-electron chi connectivity index (χ0n) is 21.0. The lowest BCUT2D eigenvalue weighted by molar-refractivity contribution is -0.126. The number of pyridine rings is 1. The summed E-state index contributed by atoms with van der Waals surface area (Å²) in [4.78, 5) is 45.4. The number of nitrogens with zero attached hydrogens (tertiary/aromatic N) is 3. The van der Waals surface area contributed by atoms with Crippen LogP contribution >= 0.6 is 11.5 Å². The Kier molecular flexibility index (Phi) is 7.51. The Balaban J connectivity index is 1.64. The Bertz CT molecular complexity index is 1550. The molecule has 2 heterocycles. The maximum atomic E-state index is 14.9. The topological polar surface area (TPSA) is 144 Å².